The molecule has 1 aromatic carbocycles. The van der Waals surface area contributed by atoms with Crippen LogP contribution in [0.2, 0.25) is 0 Å². The molecule has 2 rings (SSSR count). The van der Waals surface area contributed by atoms with Crippen molar-refractivity contribution in [3.63, 3.8) is 0 Å². The van der Waals surface area contributed by atoms with Crippen LogP contribution in [0.25, 0.3) is 0 Å². The van der Waals surface area contributed by atoms with E-state index in [2.05, 4.69) is 0 Å². The number of halogens is 1. The van der Waals surface area contributed by atoms with E-state index >= 15 is 0 Å². The van der Waals surface area contributed by atoms with Crippen LogP contribution >= 0.6 is 12.4 Å². The molecule has 7 nitrogen and oxygen atoms in total. The van der Waals surface area contributed by atoms with E-state index in [1.165, 1.54) is 4.31 Å². The van der Waals surface area contributed by atoms with E-state index in [-0.39, 0.29) is 37.9 Å². The third kappa shape index (κ3) is 4.40. The van der Waals surface area contributed by atoms with E-state index < -0.39 is 16.1 Å². The van der Waals surface area contributed by atoms with Gasteiger partial charge in [0.1, 0.15) is 0 Å². The van der Waals surface area contributed by atoms with Gasteiger partial charge in [-0.05, 0) is 5.56 Å². The number of carbonyl (C=O) groups excluding carboxylic acids is 1. The van der Waals surface area contributed by atoms with Gasteiger partial charge in [0.2, 0.25) is 5.91 Å². The quantitative estimate of drug-likeness (QED) is 0.764. The van der Waals surface area contributed by atoms with Gasteiger partial charge in [0, 0.05) is 32.7 Å². The summed E-state index contributed by atoms with van der Waals surface area (Å²) < 4.78 is 23.7. The molecule has 1 aromatic rings. The Bertz CT molecular complexity index is 589. The molecule has 0 aromatic heterocycles. The Morgan fingerprint density at radius 1 is 1.14 bits per heavy atom. The van der Waals surface area contributed by atoms with Crippen LogP contribution in [0.3, 0.4) is 0 Å². The van der Waals surface area contributed by atoms with Gasteiger partial charge in [-0.15, -0.1) is 12.4 Å². The third-order valence-corrected chi connectivity index (χ3v) is 4.73. The second kappa shape index (κ2) is 7.89. The number of rotatable bonds is 4. The van der Waals surface area contributed by atoms with Crippen molar-refractivity contribution in [3.05, 3.63) is 35.9 Å². The van der Waals surface area contributed by atoms with Crippen molar-refractivity contribution in [2.75, 3.05) is 32.7 Å². The van der Waals surface area contributed by atoms with Gasteiger partial charge in [0.05, 0.1) is 5.92 Å². The van der Waals surface area contributed by atoms with Gasteiger partial charge in [-0.3, -0.25) is 4.79 Å². The summed E-state index contributed by atoms with van der Waals surface area (Å²) in [6.45, 7) is 1.32. The zero-order valence-corrected chi connectivity index (χ0v) is 13.7. The lowest BCUT2D eigenvalue weighted by Gasteiger charge is -2.34. The van der Waals surface area contributed by atoms with E-state index in [9.17, 15) is 13.2 Å². The van der Waals surface area contributed by atoms with Gasteiger partial charge < -0.3 is 10.6 Å². The van der Waals surface area contributed by atoms with Crippen molar-refractivity contribution in [2.24, 2.45) is 10.9 Å². The highest BCUT2D eigenvalue weighted by molar-refractivity contribution is 7.86. The molecule has 0 aliphatic carbocycles. The van der Waals surface area contributed by atoms with Gasteiger partial charge in [-0.1, -0.05) is 30.3 Å². The Balaban J connectivity index is 0.00000242. The smallest absolute Gasteiger partial charge is 0.277 e. The molecule has 1 fully saturated rings. The minimum atomic E-state index is -3.68. The Hall–Kier alpha value is -1.19. The molecule has 1 atom stereocenters. The lowest BCUT2D eigenvalue weighted by atomic mass is 9.97. The normalized spacial score (nSPS) is 17.6. The van der Waals surface area contributed by atoms with Crippen molar-refractivity contribution in [3.8, 4) is 0 Å². The molecule has 1 saturated heterocycles. The number of piperazine rings is 1. The Labute approximate surface area is 136 Å². The molecule has 1 aliphatic heterocycles. The molecule has 0 radical (unpaired) electrons. The van der Waals surface area contributed by atoms with Gasteiger partial charge in [-0.2, -0.15) is 12.7 Å². The Morgan fingerprint density at radius 2 is 1.68 bits per heavy atom. The molecule has 0 saturated carbocycles. The zero-order chi connectivity index (χ0) is 15.5. The lowest BCUT2D eigenvalue weighted by Crippen LogP contribution is -2.53. The van der Waals surface area contributed by atoms with E-state index in [0.29, 0.717) is 13.1 Å². The van der Waals surface area contributed by atoms with Crippen LogP contribution < -0.4 is 10.9 Å². The number of amides is 1. The molecule has 4 N–H and O–H groups in total. The lowest BCUT2D eigenvalue weighted by molar-refractivity contribution is -0.133. The molecule has 9 heteroatoms. The highest BCUT2D eigenvalue weighted by Crippen LogP contribution is 2.18. The number of nitrogens with two attached hydrogens (primary N) is 2. The summed E-state index contributed by atoms with van der Waals surface area (Å²) in [4.78, 5) is 14.2. The fraction of sp³-hybridized carbons (Fsp3) is 0.462. The maximum atomic E-state index is 12.5. The number of benzene rings is 1. The first-order chi connectivity index (χ1) is 9.93. The summed E-state index contributed by atoms with van der Waals surface area (Å²) in [5.74, 6) is -0.468. The third-order valence-electron chi connectivity index (χ3n) is 3.65. The molecule has 124 valence electrons. The Morgan fingerprint density at radius 3 is 2.14 bits per heavy atom. The Kier molecular flexibility index (Phi) is 6.76. The highest BCUT2D eigenvalue weighted by atomic mass is 35.5. The van der Waals surface area contributed by atoms with Gasteiger partial charge >= 0.3 is 0 Å². The first-order valence-electron chi connectivity index (χ1n) is 6.75. The van der Waals surface area contributed by atoms with Crippen molar-refractivity contribution in [1.29, 1.82) is 0 Å². The zero-order valence-electron chi connectivity index (χ0n) is 12.1. The maximum Gasteiger partial charge on any atom is 0.277 e. The van der Waals surface area contributed by atoms with Crippen LogP contribution in [0.5, 0.6) is 0 Å². The molecular formula is C13H21ClN4O3S. The second-order valence-electron chi connectivity index (χ2n) is 4.97. The fourth-order valence-electron chi connectivity index (χ4n) is 2.45. The van der Waals surface area contributed by atoms with Crippen LogP contribution in [-0.4, -0.2) is 56.3 Å². The summed E-state index contributed by atoms with van der Waals surface area (Å²) in [6, 6.07) is 9.35. The van der Waals surface area contributed by atoms with Crippen LogP contribution in [0.15, 0.2) is 30.3 Å². The van der Waals surface area contributed by atoms with E-state index in [1.807, 2.05) is 30.3 Å². The van der Waals surface area contributed by atoms with Crippen molar-refractivity contribution >= 4 is 28.5 Å². The molecule has 0 spiro atoms. The van der Waals surface area contributed by atoms with Crippen molar-refractivity contribution in [2.45, 2.75) is 5.92 Å². The maximum absolute atomic E-state index is 12.5. The predicted molar refractivity (Wildman–Crippen MR) is 86.7 cm³/mol. The number of nitrogens with zero attached hydrogens (tertiary/aromatic N) is 2. The van der Waals surface area contributed by atoms with Crippen molar-refractivity contribution in [1.82, 2.24) is 9.21 Å². The van der Waals surface area contributed by atoms with Crippen LogP contribution in [0.4, 0.5) is 0 Å². The first kappa shape index (κ1) is 18.9. The largest absolute Gasteiger partial charge is 0.339 e. The van der Waals surface area contributed by atoms with Gasteiger partial charge in [0.25, 0.3) is 10.2 Å². The average Bonchev–Trinajstić information content (AvgIpc) is 2.48. The molecule has 1 amide bonds. The minimum absolute atomic E-state index is 0. The second-order valence-corrected chi connectivity index (χ2v) is 6.51. The summed E-state index contributed by atoms with van der Waals surface area (Å²) in [5, 5.41) is 5.08. The van der Waals surface area contributed by atoms with E-state index in [4.69, 9.17) is 10.9 Å². The minimum Gasteiger partial charge on any atom is -0.339 e. The number of carbonyl (C=O) groups is 1. The van der Waals surface area contributed by atoms with Gasteiger partial charge in [-0.25, -0.2) is 5.14 Å². The van der Waals surface area contributed by atoms with E-state index in [1.54, 1.807) is 4.90 Å². The summed E-state index contributed by atoms with van der Waals surface area (Å²) >= 11 is 0. The molecule has 1 aliphatic rings. The SMILES string of the molecule is Cl.NCC(C(=O)N1CCN(S(N)(=O)=O)CC1)c1ccccc1. The molecule has 1 unspecified atom stereocenters. The highest BCUT2D eigenvalue weighted by Gasteiger charge is 2.30. The average molecular weight is 349 g/mol. The summed E-state index contributed by atoms with van der Waals surface area (Å²) in [5.41, 5.74) is 6.61. The summed E-state index contributed by atoms with van der Waals surface area (Å²) in [6.07, 6.45) is 0. The van der Waals surface area contributed by atoms with Crippen molar-refractivity contribution < 1.29 is 13.2 Å². The monoisotopic (exact) mass is 348 g/mol. The topological polar surface area (TPSA) is 110 Å². The van der Waals surface area contributed by atoms with E-state index in [0.717, 1.165) is 5.56 Å². The van der Waals surface area contributed by atoms with Crippen LogP contribution in [0.1, 0.15) is 11.5 Å². The number of hydrogen-bond acceptors (Lipinski definition) is 4. The van der Waals surface area contributed by atoms with Crippen LogP contribution in [-0.2, 0) is 15.0 Å². The van der Waals surface area contributed by atoms with Gasteiger partial charge in [0.15, 0.2) is 0 Å². The molecule has 1 heterocycles. The molecule has 0 bridgehead atoms. The summed E-state index contributed by atoms with van der Waals surface area (Å²) in [7, 11) is -3.68. The fourth-order valence-corrected chi connectivity index (χ4v) is 3.12. The number of hydrogen-bond donors (Lipinski definition) is 2. The molecule has 22 heavy (non-hydrogen) atoms. The predicted octanol–water partition coefficient (Wildman–Crippen LogP) is -0.502. The van der Waals surface area contributed by atoms with Crippen LogP contribution in [0, 0.1) is 0 Å². The standard InChI is InChI=1S/C13H20N4O3S.ClH/c14-10-12(11-4-2-1-3-5-11)13(18)16-6-8-17(9-7-16)21(15,19)20;/h1-5,12H,6-10,14H2,(H2,15,19,20);1H. The first-order valence-corrected chi connectivity index (χ1v) is 8.25. The molecular weight excluding hydrogens is 328 g/mol.